The number of hydrogen-bond acceptors (Lipinski definition) is 4. The van der Waals surface area contributed by atoms with Gasteiger partial charge >= 0.3 is 0 Å². The Labute approximate surface area is 188 Å². The van der Waals surface area contributed by atoms with E-state index in [2.05, 4.69) is 17.2 Å². The number of nitrogens with one attached hydrogen (secondary N) is 1. The van der Waals surface area contributed by atoms with Crippen molar-refractivity contribution in [2.24, 2.45) is 5.92 Å². The first-order valence-electron chi connectivity index (χ1n) is 11.2. The molecule has 1 unspecified atom stereocenters. The number of hydrogen-bond donors (Lipinski definition) is 1. The smallest absolute Gasteiger partial charge is 0.255 e. The van der Waals surface area contributed by atoms with Crippen LogP contribution in [-0.2, 0) is 11.4 Å². The summed E-state index contributed by atoms with van der Waals surface area (Å²) in [4.78, 5) is 31.7. The molecule has 32 heavy (non-hydrogen) atoms. The standard InChI is InChI=1S/C25H30N4O3/c1-18-7-5-13-28(15-18)23(30)11-12-26-25(31)21-9-3-4-10-22(21)32-17-20-16-29-14-6-8-19(2)24(29)27-20/h3-4,6,8-10,14,16,18H,5,7,11-13,15,17H2,1-2H3,(H,26,31). The number of benzene rings is 1. The number of pyridine rings is 1. The largest absolute Gasteiger partial charge is 0.486 e. The van der Waals surface area contributed by atoms with E-state index < -0.39 is 0 Å². The molecule has 1 fully saturated rings. The molecule has 1 N–H and O–H groups in total. The fraction of sp³-hybridized carbons (Fsp3) is 0.400. The number of aromatic nitrogens is 2. The summed E-state index contributed by atoms with van der Waals surface area (Å²) < 4.78 is 7.90. The highest BCUT2D eigenvalue weighted by atomic mass is 16.5. The van der Waals surface area contributed by atoms with Crippen LogP contribution in [0.1, 0.15) is 47.8 Å². The molecule has 4 rings (SSSR count). The van der Waals surface area contributed by atoms with Crippen molar-refractivity contribution in [1.29, 1.82) is 0 Å². The summed E-state index contributed by atoms with van der Waals surface area (Å²) in [5.74, 6) is 0.896. The minimum absolute atomic E-state index is 0.100. The van der Waals surface area contributed by atoms with E-state index in [0.717, 1.165) is 36.4 Å². The van der Waals surface area contributed by atoms with E-state index in [0.29, 0.717) is 30.2 Å². The van der Waals surface area contributed by atoms with Crippen molar-refractivity contribution in [3.8, 4) is 5.75 Å². The molecule has 7 heteroatoms. The second-order valence-corrected chi connectivity index (χ2v) is 8.53. The molecule has 1 aromatic carbocycles. The summed E-state index contributed by atoms with van der Waals surface area (Å²) in [5, 5.41) is 2.86. The maximum atomic E-state index is 12.7. The van der Waals surface area contributed by atoms with Gasteiger partial charge in [0.1, 0.15) is 18.0 Å². The summed E-state index contributed by atoms with van der Waals surface area (Å²) in [5.41, 5.74) is 3.22. The number of fused-ring (bicyclic) bond motifs is 1. The van der Waals surface area contributed by atoms with Gasteiger partial charge in [0.2, 0.25) is 5.91 Å². The van der Waals surface area contributed by atoms with Crippen molar-refractivity contribution in [1.82, 2.24) is 19.6 Å². The Hall–Kier alpha value is -3.35. The third-order valence-corrected chi connectivity index (χ3v) is 5.87. The summed E-state index contributed by atoms with van der Waals surface area (Å²) in [6, 6.07) is 11.1. The Morgan fingerprint density at radius 3 is 2.88 bits per heavy atom. The van der Waals surface area contributed by atoms with Crippen LogP contribution in [0.2, 0.25) is 0 Å². The van der Waals surface area contributed by atoms with Crippen LogP contribution in [0.5, 0.6) is 5.75 Å². The number of rotatable bonds is 7. The zero-order valence-corrected chi connectivity index (χ0v) is 18.7. The van der Waals surface area contributed by atoms with Gasteiger partial charge in [0, 0.05) is 38.4 Å². The zero-order chi connectivity index (χ0) is 22.5. The lowest BCUT2D eigenvalue weighted by atomic mass is 10.00. The molecule has 1 aliphatic heterocycles. The van der Waals surface area contributed by atoms with Crippen molar-refractivity contribution in [3.63, 3.8) is 0 Å². The topological polar surface area (TPSA) is 75.9 Å². The average Bonchev–Trinajstić information content (AvgIpc) is 3.22. The summed E-state index contributed by atoms with van der Waals surface area (Å²) in [6.45, 7) is 6.39. The van der Waals surface area contributed by atoms with Gasteiger partial charge in [-0.15, -0.1) is 0 Å². The molecule has 1 aliphatic rings. The maximum Gasteiger partial charge on any atom is 0.255 e. The van der Waals surface area contributed by atoms with Crippen LogP contribution in [0.25, 0.3) is 5.65 Å². The summed E-state index contributed by atoms with van der Waals surface area (Å²) in [6.07, 6.45) is 6.41. The van der Waals surface area contributed by atoms with Crippen molar-refractivity contribution in [2.75, 3.05) is 19.6 Å². The number of nitrogens with zero attached hydrogens (tertiary/aromatic N) is 3. The van der Waals surface area contributed by atoms with Crippen molar-refractivity contribution in [2.45, 2.75) is 39.7 Å². The van der Waals surface area contributed by atoms with E-state index in [1.807, 2.05) is 46.8 Å². The third kappa shape index (κ3) is 5.10. The fourth-order valence-electron chi connectivity index (χ4n) is 4.16. The highest BCUT2D eigenvalue weighted by molar-refractivity contribution is 5.97. The molecule has 3 heterocycles. The van der Waals surface area contributed by atoms with Gasteiger partial charge in [-0.1, -0.05) is 25.1 Å². The first-order valence-corrected chi connectivity index (χ1v) is 11.2. The molecular formula is C25H30N4O3. The molecule has 0 saturated carbocycles. The van der Waals surface area contributed by atoms with E-state index in [1.165, 1.54) is 6.42 Å². The zero-order valence-electron chi connectivity index (χ0n) is 18.7. The number of carbonyl (C=O) groups is 2. The Morgan fingerprint density at radius 2 is 2.06 bits per heavy atom. The van der Waals surface area contributed by atoms with Crippen LogP contribution in [0, 0.1) is 12.8 Å². The highest BCUT2D eigenvalue weighted by Gasteiger charge is 2.21. The van der Waals surface area contributed by atoms with E-state index in [9.17, 15) is 9.59 Å². The van der Waals surface area contributed by atoms with Gasteiger partial charge in [-0.3, -0.25) is 9.59 Å². The number of carbonyl (C=O) groups excluding carboxylic acids is 2. The number of amides is 2. The van der Waals surface area contributed by atoms with E-state index in [4.69, 9.17) is 4.74 Å². The second kappa shape index (κ2) is 9.85. The molecule has 7 nitrogen and oxygen atoms in total. The first kappa shape index (κ1) is 21.9. The van der Waals surface area contributed by atoms with Gasteiger partial charge in [-0.2, -0.15) is 0 Å². The van der Waals surface area contributed by atoms with E-state index >= 15 is 0 Å². The molecule has 0 aliphatic carbocycles. The predicted molar refractivity (Wildman–Crippen MR) is 123 cm³/mol. The number of aryl methyl sites for hydroxylation is 1. The molecule has 3 aromatic rings. The molecule has 2 amide bonds. The molecule has 0 bridgehead atoms. The Balaban J connectivity index is 1.33. The number of likely N-dealkylation sites (tertiary alicyclic amines) is 1. The van der Waals surface area contributed by atoms with E-state index in [1.54, 1.807) is 18.2 Å². The van der Waals surface area contributed by atoms with Gasteiger partial charge in [0.15, 0.2) is 0 Å². The van der Waals surface area contributed by atoms with Crippen molar-refractivity contribution in [3.05, 3.63) is 65.6 Å². The maximum absolute atomic E-state index is 12.7. The lowest BCUT2D eigenvalue weighted by Crippen LogP contribution is -2.40. The Bertz CT molecular complexity index is 1110. The van der Waals surface area contributed by atoms with Gasteiger partial charge in [-0.25, -0.2) is 4.98 Å². The van der Waals surface area contributed by atoms with Gasteiger partial charge in [0.05, 0.1) is 11.3 Å². The first-order chi connectivity index (χ1) is 15.5. The Kier molecular flexibility index (Phi) is 6.73. The lowest BCUT2D eigenvalue weighted by molar-refractivity contribution is -0.132. The van der Waals surface area contributed by atoms with Crippen LogP contribution in [0.4, 0.5) is 0 Å². The van der Waals surface area contributed by atoms with Crippen LogP contribution >= 0.6 is 0 Å². The Morgan fingerprint density at radius 1 is 1.22 bits per heavy atom. The van der Waals surface area contributed by atoms with Crippen LogP contribution in [-0.4, -0.2) is 45.7 Å². The number of ether oxygens (including phenoxy) is 1. The van der Waals surface area contributed by atoms with Gasteiger partial charge < -0.3 is 19.4 Å². The van der Waals surface area contributed by atoms with Crippen LogP contribution < -0.4 is 10.1 Å². The molecule has 0 spiro atoms. The average molecular weight is 435 g/mol. The molecule has 168 valence electrons. The van der Waals surface area contributed by atoms with Gasteiger partial charge in [-0.05, 0) is 49.4 Å². The quantitative estimate of drug-likeness (QED) is 0.617. The monoisotopic (exact) mass is 434 g/mol. The van der Waals surface area contributed by atoms with Crippen LogP contribution in [0.3, 0.4) is 0 Å². The minimum Gasteiger partial charge on any atom is -0.486 e. The minimum atomic E-state index is -0.244. The second-order valence-electron chi connectivity index (χ2n) is 8.53. The molecule has 1 saturated heterocycles. The van der Waals surface area contributed by atoms with Gasteiger partial charge in [0.25, 0.3) is 5.91 Å². The normalized spacial score (nSPS) is 16.2. The highest BCUT2D eigenvalue weighted by Crippen LogP contribution is 2.20. The number of piperidine rings is 1. The van der Waals surface area contributed by atoms with E-state index in [-0.39, 0.29) is 18.4 Å². The molecule has 0 radical (unpaired) electrons. The molecule has 2 aromatic heterocycles. The summed E-state index contributed by atoms with van der Waals surface area (Å²) >= 11 is 0. The summed E-state index contributed by atoms with van der Waals surface area (Å²) in [7, 11) is 0. The fourth-order valence-corrected chi connectivity index (χ4v) is 4.16. The lowest BCUT2D eigenvalue weighted by Gasteiger charge is -2.31. The molecular weight excluding hydrogens is 404 g/mol. The molecule has 1 atom stereocenters. The van der Waals surface area contributed by atoms with Crippen molar-refractivity contribution < 1.29 is 14.3 Å². The predicted octanol–water partition coefficient (Wildman–Crippen LogP) is 3.60. The SMILES string of the molecule is Cc1cccn2cc(COc3ccccc3C(=O)NCCC(=O)N3CCCC(C)C3)nc12. The third-order valence-electron chi connectivity index (χ3n) is 5.87. The number of para-hydroxylation sites is 1. The van der Waals surface area contributed by atoms with Crippen LogP contribution in [0.15, 0.2) is 48.8 Å². The number of imidazole rings is 1. The van der Waals surface area contributed by atoms with Crippen molar-refractivity contribution >= 4 is 17.5 Å².